The van der Waals surface area contributed by atoms with E-state index in [1.54, 1.807) is 22.6 Å². The molecule has 0 amide bonds. The van der Waals surface area contributed by atoms with Crippen molar-refractivity contribution < 1.29 is 25.3 Å². The molecule has 0 aliphatic rings. The van der Waals surface area contributed by atoms with E-state index in [0.29, 0.717) is 0 Å². The molecule has 0 bridgehead atoms. The molecule has 0 spiro atoms. The number of alkyl halides is 1. The smallest absolute Gasteiger partial charge is 0.106 e. The van der Waals surface area contributed by atoms with Crippen LogP contribution in [0.25, 0.3) is 0 Å². The molecule has 13 heavy (non-hydrogen) atoms. The van der Waals surface area contributed by atoms with Gasteiger partial charge in [-0.25, -0.2) is 5.90 Å². The predicted molar refractivity (Wildman–Crippen MR) is 53.1 cm³/mol. The lowest BCUT2D eigenvalue weighted by Crippen LogP contribution is -2.44. The molecule has 0 heterocycles. The van der Waals surface area contributed by atoms with Gasteiger partial charge in [-0.05, 0) is 0 Å². The van der Waals surface area contributed by atoms with Crippen LogP contribution in [0.4, 0.5) is 0 Å². The van der Waals surface area contributed by atoms with Gasteiger partial charge in [0.2, 0.25) is 0 Å². The molecule has 0 radical (unpaired) electrons. The van der Waals surface area contributed by atoms with Gasteiger partial charge in [-0.1, -0.05) is 22.6 Å². The van der Waals surface area contributed by atoms with Crippen LogP contribution >= 0.6 is 22.6 Å². The van der Waals surface area contributed by atoms with Gasteiger partial charge in [-0.3, -0.25) is 0 Å². The highest BCUT2D eigenvalue weighted by Gasteiger charge is 2.29. The quantitative estimate of drug-likeness (QED) is 0.215. The minimum atomic E-state index is -1.19. The van der Waals surface area contributed by atoms with Crippen molar-refractivity contribution in [1.82, 2.24) is 0 Å². The van der Waals surface area contributed by atoms with Crippen LogP contribution in [-0.2, 0) is 4.84 Å². The first kappa shape index (κ1) is 13.5. The van der Waals surface area contributed by atoms with Crippen molar-refractivity contribution in [3.05, 3.63) is 0 Å². The summed E-state index contributed by atoms with van der Waals surface area (Å²) in [6, 6.07) is 0. The largest absolute Gasteiger partial charge is 0.394 e. The van der Waals surface area contributed by atoms with E-state index >= 15 is 0 Å². The van der Waals surface area contributed by atoms with Crippen LogP contribution in [0, 0.1) is 0 Å². The zero-order valence-corrected chi connectivity index (χ0v) is 9.03. The van der Waals surface area contributed by atoms with Crippen LogP contribution in [0.2, 0.25) is 0 Å². The molecule has 80 valence electrons. The van der Waals surface area contributed by atoms with Crippen molar-refractivity contribution in [3.63, 3.8) is 0 Å². The van der Waals surface area contributed by atoms with Gasteiger partial charge in [-0.2, -0.15) is 0 Å². The maximum absolute atomic E-state index is 9.35. The molecule has 0 aromatic carbocycles. The third kappa shape index (κ3) is 4.49. The maximum atomic E-state index is 9.35. The summed E-state index contributed by atoms with van der Waals surface area (Å²) in [5, 5.41) is 36.2. The van der Waals surface area contributed by atoms with Gasteiger partial charge in [0.1, 0.15) is 6.10 Å². The predicted octanol–water partition coefficient (Wildman–Crippen LogP) is -2.24. The van der Waals surface area contributed by atoms with E-state index in [4.69, 9.17) is 16.1 Å². The van der Waals surface area contributed by atoms with Crippen LogP contribution < -0.4 is 5.90 Å². The molecule has 0 saturated heterocycles. The summed E-state index contributed by atoms with van der Waals surface area (Å²) < 4.78 is -0.673. The first-order valence-electron chi connectivity index (χ1n) is 3.65. The highest BCUT2D eigenvalue weighted by atomic mass is 127. The summed E-state index contributed by atoms with van der Waals surface area (Å²) in [6.45, 7) is -0.695. The monoisotopic (exact) mass is 307 g/mol. The second kappa shape index (κ2) is 6.87. The van der Waals surface area contributed by atoms with Gasteiger partial charge in [-0.15, -0.1) is 0 Å². The molecule has 4 unspecified atom stereocenters. The average Bonchev–Trinajstić information content (AvgIpc) is 2.14. The Morgan fingerprint density at radius 2 is 1.77 bits per heavy atom. The van der Waals surface area contributed by atoms with Crippen molar-refractivity contribution in [1.29, 1.82) is 0 Å². The van der Waals surface area contributed by atoms with Gasteiger partial charge < -0.3 is 25.3 Å². The normalized spacial score (nSPS) is 20.8. The van der Waals surface area contributed by atoms with Crippen molar-refractivity contribution in [2.75, 3.05) is 13.2 Å². The number of halogens is 1. The summed E-state index contributed by atoms with van der Waals surface area (Å²) in [5.74, 6) is 4.69. The molecule has 4 atom stereocenters. The lowest BCUT2D eigenvalue weighted by molar-refractivity contribution is -0.0533. The van der Waals surface area contributed by atoms with E-state index < -0.39 is 28.8 Å². The van der Waals surface area contributed by atoms with Crippen LogP contribution in [0.3, 0.4) is 0 Å². The first-order valence-corrected chi connectivity index (χ1v) is 4.90. The Kier molecular flexibility index (Phi) is 7.13. The second-order valence-corrected chi connectivity index (χ2v) is 4.02. The molecule has 0 aromatic heterocycles. The topological polar surface area (TPSA) is 116 Å². The number of hydrogen-bond acceptors (Lipinski definition) is 6. The zero-order valence-electron chi connectivity index (χ0n) is 6.88. The molecule has 7 heteroatoms. The third-order valence-corrected chi connectivity index (χ3v) is 3.11. The van der Waals surface area contributed by atoms with Gasteiger partial charge in [0, 0.05) is 0 Å². The molecular weight excluding hydrogens is 293 g/mol. The molecule has 0 rings (SSSR count). The molecule has 0 aliphatic heterocycles. The molecule has 0 saturated carbocycles. The minimum Gasteiger partial charge on any atom is -0.394 e. The Balaban J connectivity index is 3.99. The van der Waals surface area contributed by atoms with Gasteiger partial charge in [0.25, 0.3) is 0 Å². The fourth-order valence-corrected chi connectivity index (χ4v) is 1.44. The fraction of sp³-hybridized carbons (Fsp3) is 1.00. The zero-order chi connectivity index (χ0) is 10.4. The first-order chi connectivity index (χ1) is 6.04. The van der Waals surface area contributed by atoms with Crippen molar-refractivity contribution in [2.45, 2.75) is 22.2 Å². The lowest BCUT2D eigenvalue weighted by atomic mass is 10.1. The van der Waals surface area contributed by atoms with E-state index in [1.165, 1.54) is 0 Å². The van der Waals surface area contributed by atoms with Gasteiger partial charge in [0.15, 0.2) is 0 Å². The molecular formula is C6H14INO5. The maximum Gasteiger partial charge on any atom is 0.106 e. The van der Waals surface area contributed by atoms with Crippen LogP contribution in [0.1, 0.15) is 0 Å². The second-order valence-electron chi connectivity index (χ2n) is 2.59. The van der Waals surface area contributed by atoms with Crippen molar-refractivity contribution >= 4 is 22.6 Å². The highest BCUT2D eigenvalue weighted by molar-refractivity contribution is 14.1. The summed E-state index contributed by atoms with van der Waals surface area (Å²) in [4.78, 5) is 4.13. The van der Waals surface area contributed by atoms with Crippen molar-refractivity contribution in [2.24, 2.45) is 5.90 Å². The van der Waals surface area contributed by atoms with Gasteiger partial charge in [0.05, 0.1) is 29.3 Å². The summed E-state index contributed by atoms with van der Waals surface area (Å²) in [6.07, 6.45) is -3.44. The molecule has 0 fully saturated rings. The molecule has 6 N–H and O–H groups in total. The number of rotatable bonds is 6. The highest BCUT2D eigenvalue weighted by Crippen LogP contribution is 2.14. The van der Waals surface area contributed by atoms with Crippen LogP contribution in [0.5, 0.6) is 0 Å². The van der Waals surface area contributed by atoms with Crippen molar-refractivity contribution in [3.8, 4) is 0 Å². The van der Waals surface area contributed by atoms with E-state index in [2.05, 4.69) is 4.84 Å². The Morgan fingerprint density at radius 3 is 2.15 bits per heavy atom. The fourth-order valence-electron chi connectivity index (χ4n) is 0.738. The molecule has 0 aromatic rings. The number of aliphatic hydroxyl groups excluding tert-OH is 4. The third-order valence-electron chi connectivity index (χ3n) is 1.54. The Labute approximate surface area is 89.4 Å². The van der Waals surface area contributed by atoms with Crippen LogP contribution in [0.15, 0.2) is 0 Å². The lowest BCUT2D eigenvalue weighted by Gasteiger charge is -2.24. The van der Waals surface area contributed by atoms with Crippen LogP contribution in [-0.4, -0.2) is 55.9 Å². The Bertz CT molecular complexity index is 138. The average molecular weight is 307 g/mol. The van der Waals surface area contributed by atoms with Gasteiger partial charge >= 0.3 is 0 Å². The molecule has 0 aliphatic carbocycles. The number of hydrogen-bond donors (Lipinski definition) is 5. The summed E-state index contributed by atoms with van der Waals surface area (Å²) in [5.41, 5.74) is 0. The standard InChI is InChI=1S/C6H14INO5/c7-5(3(10)1-9)6(12)4(11)2-13-8/h3-6,9-12H,1-2,8H2. The Morgan fingerprint density at radius 1 is 1.23 bits per heavy atom. The minimum absolute atomic E-state index is 0.223. The SMILES string of the molecule is NOCC(O)C(O)C(I)C(O)CO. The number of nitrogens with two attached hydrogens (primary N) is 1. The Hall–Kier alpha value is 0.490. The van der Waals surface area contributed by atoms with E-state index in [0.717, 1.165) is 0 Å². The van der Waals surface area contributed by atoms with E-state index in [9.17, 15) is 10.2 Å². The van der Waals surface area contributed by atoms with E-state index in [-0.39, 0.29) is 6.61 Å². The van der Waals surface area contributed by atoms with E-state index in [1.807, 2.05) is 0 Å². The molecule has 6 nitrogen and oxygen atoms in total. The summed E-state index contributed by atoms with van der Waals surface area (Å²) in [7, 11) is 0. The number of aliphatic hydroxyl groups is 4. The summed E-state index contributed by atoms with van der Waals surface area (Å²) >= 11 is 1.73.